The van der Waals surface area contributed by atoms with Crippen molar-refractivity contribution >= 4 is 25.2 Å². The van der Waals surface area contributed by atoms with Gasteiger partial charge in [0.25, 0.3) is 0 Å². The molecular formula is C33H59N8O3P. The van der Waals surface area contributed by atoms with Crippen molar-refractivity contribution in [2.45, 2.75) is 71.3 Å². The highest BCUT2D eigenvalue weighted by Crippen LogP contribution is 2.66. The number of piperazine rings is 1. The van der Waals surface area contributed by atoms with Crippen molar-refractivity contribution in [3.63, 3.8) is 0 Å². The minimum Gasteiger partial charge on any atom is -0.383 e. The quantitative estimate of drug-likeness (QED) is 0.135. The van der Waals surface area contributed by atoms with Crippen LogP contribution in [0.15, 0.2) is 6.07 Å². The van der Waals surface area contributed by atoms with Gasteiger partial charge in [-0.05, 0) is 120 Å². The number of nitrogens with zero attached hydrogens (tertiary/aromatic N) is 4. The van der Waals surface area contributed by atoms with E-state index in [1.807, 2.05) is 19.9 Å². The van der Waals surface area contributed by atoms with E-state index < -0.39 is 7.60 Å². The van der Waals surface area contributed by atoms with Gasteiger partial charge in [0.2, 0.25) is 5.95 Å². The number of anilines is 3. The summed E-state index contributed by atoms with van der Waals surface area (Å²) in [5.41, 5.74) is 6.20. The molecule has 3 unspecified atom stereocenters. The molecule has 45 heavy (non-hydrogen) atoms. The van der Waals surface area contributed by atoms with Crippen molar-refractivity contribution < 1.29 is 13.6 Å². The van der Waals surface area contributed by atoms with Gasteiger partial charge in [0.1, 0.15) is 11.6 Å². The molecule has 2 heterocycles. The smallest absolute Gasteiger partial charge is 0.331 e. The maximum absolute atomic E-state index is 12.8. The molecule has 1 aromatic rings. The molecule has 6 fully saturated rings. The molecule has 0 aromatic carbocycles. The molecule has 1 aliphatic heterocycles. The monoisotopic (exact) mass is 646 g/mol. The first-order valence-electron chi connectivity index (χ1n) is 18.1. The fourth-order valence-electron chi connectivity index (χ4n) is 8.83. The first-order chi connectivity index (χ1) is 21.9. The molecule has 1 saturated heterocycles. The zero-order valence-corrected chi connectivity index (χ0v) is 28.7. The van der Waals surface area contributed by atoms with E-state index in [2.05, 4.69) is 30.7 Å². The van der Waals surface area contributed by atoms with Gasteiger partial charge in [0.05, 0.1) is 19.4 Å². The summed E-state index contributed by atoms with van der Waals surface area (Å²) in [6, 6.07) is 2.69. The second-order valence-corrected chi connectivity index (χ2v) is 16.5. The summed E-state index contributed by atoms with van der Waals surface area (Å²) in [4.78, 5) is 13.9. The third-order valence-corrected chi connectivity index (χ3v) is 13.5. The van der Waals surface area contributed by atoms with E-state index in [1.165, 1.54) is 57.9 Å². The van der Waals surface area contributed by atoms with Crippen molar-refractivity contribution in [2.75, 3.05) is 94.2 Å². The Hall–Kier alpha value is -1.49. The Kier molecular flexibility index (Phi) is 11.6. The SMILES string of the molecule is CCOP(=O)(CCN1CCN(c2cc(N)nc(NCC3CCC(CNCCCNC4CC5C6CC4CC65)CC3)n2)CC1)OCC. The molecule has 4 bridgehead atoms. The Morgan fingerprint density at radius 3 is 2.22 bits per heavy atom. The first-order valence-corrected chi connectivity index (χ1v) is 19.8. The molecule has 0 amide bonds. The number of nitrogen functional groups attached to an aromatic ring is 1. The Labute approximate surface area is 271 Å². The molecular weight excluding hydrogens is 587 g/mol. The van der Waals surface area contributed by atoms with Crippen LogP contribution in [0.2, 0.25) is 0 Å². The maximum Gasteiger partial charge on any atom is 0.331 e. The molecule has 7 rings (SSSR count). The fourth-order valence-corrected chi connectivity index (χ4v) is 10.5. The van der Waals surface area contributed by atoms with Crippen LogP contribution in [-0.4, -0.2) is 99.2 Å². The van der Waals surface area contributed by atoms with Crippen molar-refractivity contribution in [2.24, 2.45) is 35.5 Å². The standard InChI is InChI=1S/C33H59N8O3P/c1-3-43-45(42,44-4-2)17-16-40-12-14-41(15-13-40)32-21-31(34)38-33(39-32)37-23-25-8-6-24(7-9-25)22-35-10-5-11-36-30-20-29-27-18-26(30)19-28(27)29/h21,24-30,35-36H,3-20,22-23H2,1-2H3,(H3,34,37,38,39). The van der Waals surface area contributed by atoms with E-state index in [1.54, 1.807) is 0 Å². The molecule has 12 heteroatoms. The average molecular weight is 647 g/mol. The van der Waals surface area contributed by atoms with Gasteiger partial charge in [-0.15, -0.1) is 0 Å². The van der Waals surface area contributed by atoms with Crippen LogP contribution < -0.4 is 26.6 Å². The van der Waals surface area contributed by atoms with Crippen LogP contribution in [0.1, 0.15) is 65.2 Å². The largest absolute Gasteiger partial charge is 0.383 e. The molecule has 5 aliphatic carbocycles. The van der Waals surface area contributed by atoms with E-state index >= 15 is 0 Å². The molecule has 3 atom stereocenters. The predicted octanol–water partition coefficient (Wildman–Crippen LogP) is 4.28. The highest BCUT2D eigenvalue weighted by molar-refractivity contribution is 7.53. The topological polar surface area (TPSA) is 130 Å². The molecule has 11 nitrogen and oxygen atoms in total. The molecule has 5 N–H and O–H groups in total. The fraction of sp³-hybridized carbons (Fsp3) is 0.879. The maximum atomic E-state index is 12.8. The number of nitrogens with two attached hydrogens (primary N) is 1. The van der Waals surface area contributed by atoms with Crippen LogP contribution in [0, 0.1) is 35.5 Å². The van der Waals surface area contributed by atoms with E-state index in [-0.39, 0.29) is 0 Å². The third-order valence-electron chi connectivity index (χ3n) is 11.4. The van der Waals surface area contributed by atoms with Gasteiger partial charge in [-0.2, -0.15) is 9.97 Å². The zero-order chi connectivity index (χ0) is 31.2. The number of hydrogen-bond acceptors (Lipinski definition) is 11. The van der Waals surface area contributed by atoms with Crippen molar-refractivity contribution in [1.82, 2.24) is 25.5 Å². The minimum atomic E-state index is -3.02. The Morgan fingerprint density at radius 1 is 0.911 bits per heavy atom. The van der Waals surface area contributed by atoms with E-state index in [0.717, 1.165) is 87.3 Å². The normalized spacial score (nSPS) is 31.3. The van der Waals surface area contributed by atoms with Crippen LogP contribution in [0.25, 0.3) is 0 Å². The third kappa shape index (κ3) is 8.90. The summed E-state index contributed by atoms with van der Waals surface area (Å²) in [5, 5.41) is 11.2. The number of aromatic nitrogens is 2. The van der Waals surface area contributed by atoms with Crippen LogP contribution in [0.4, 0.5) is 17.6 Å². The van der Waals surface area contributed by atoms with Crippen LogP contribution in [0.5, 0.6) is 0 Å². The predicted molar refractivity (Wildman–Crippen MR) is 182 cm³/mol. The summed E-state index contributed by atoms with van der Waals surface area (Å²) < 4.78 is 23.7. The van der Waals surface area contributed by atoms with E-state index in [9.17, 15) is 4.57 Å². The summed E-state index contributed by atoms with van der Waals surface area (Å²) >= 11 is 0. The van der Waals surface area contributed by atoms with E-state index in [4.69, 9.17) is 19.8 Å². The van der Waals surface area contributed by atoms with E-state index in [0.29, 0.717) is 43.6 Å². The molecule has 254 valence electrons. The molecule has 6 aliphatic rings. The van der Waals surface area contributed by atoms with Crippen molar-refractivity contribution in [3.05, 3.63) is 6.07 Å². The molecule has 5 saturated carbocycles. The van der Waals surface area contributed by atoms with Gasteiger partial charge < -0.3 is 35.6 Å². The number of nitrogens with one attached hydrogen (secondary N) is 3. The molecule has 0 spiro atoms. The first kappa shape index (κ1) is 33.4. The molecule has 1 aromatic heterocycles. The lowest BCUT2D eigenvalue weighted by Crippen LogP contribution is -2.47. The average Bonchev–Trinajstić information content (AvgIpc) is 3.56. The lowest BCUT2D eigenvalue weighted by atomic mass is 9.81. The second kappa shape index (κ2) is 15.6. The zero-order valence-electron chi connectivity index (χ0n) is 27.8. The summed E-state index contributed by atoms with van der Waals surface area (Å²) in [6.45, 7) is 12.9. The van der Waals surface area contributed by atoms with Crippen LogP contribution >= 0.6 is 7.60 Å². The summed E-state index contributed by atoms with van der Waals surface area (Å²) in [5.74, 6) is 7.78. The minimum absolute atomic E-state index is 0.398. The van der Waals surface area contributed by atoms with Gasteiger partial charge in [0, 0.05) is 51.4 Å². The Morgan fingerprint density at radius 2 is 1.58 bits per heavy atom. The number of rotatable bonds is 18. The summed E-state index contributed by atoms with van der Waals surface area (Å²) in [7, 11) is -3.02. The summed E-state index contributed by atoms with van der Waals surface area (Å²) in [6.07, 6.45) is 11.3. The highest BCUT2D eigenvalue weighted by Gasteiger charge is 2.61. The van der Waals surface area contributed by atoms with Crippen molar-refractivity contribution in [1.29, 1.82) is 0 Å². The van der Waals surface area contributed by atoms with Gasteiger partial charge in [-0.1, -0.05) is 0 Å². The Balaban J connectivity index is 0.837. The number of fused-ring (bicyclic) bond motifs is 1. The van der Waals surface area contributed by atoms with Gasteiger partial charge in [-0.25, -0.2) is 0 Å². The van der Waals surface area contributed by atoms with Gasteiger partial charge >= 0.3 is 7.60 Å². The van der Waals surface area contributed by atoms with Crippen LogP contribution in [-0.2, 0) is 13.6 Å². The lowest BCUT2D eigenvalue weighted by molar-refractivity contribution is 0.209. The van der Waals surface area contributed by atoms with Crippen LogP contribution in [0.3, 0.4) is 0 Å². The van der Waals surface area contributed by atoms with Gasteiger partial charge in [0.15, 0.2) is 0 Å². The Bertz CT molecular complexity index is 1110. The number of hydrogen-bond donors (Lipinski definition) is 4. The second-order valence-electron chi connectivity index (χ2n) is 14.3. The highest BCUT2D eigenvalue weighted by atomic mass is 31.2. The van der Waals surface area contributed by atoms with Gasteiger partial charge in [-0.3, -0.25) is 9.46 Å². The van der Waals surface area contributed by atoms with Crippen molar-refractivity contribution in [3.8, 4) is 0 Å². The molecule has 0 radical (unpaired) electrons. The lowest BCUT2D eigenvalue weighted by Gasteiger charge is -2.36.